The summed E-state index contributed by atoms with van der Waals surface area (Å²) in [6.07, 6.45) is 0.330. The van der Waals surface area contributed by atoms with Crippen LogP contribution in [0.5, 0.6) is 0 Å². The van der Waals surface area contributed by atoms with E-state index < -0.39 is 0 Å². The van der Waals surface area contributed by atoms with Gasteiger partial charge < -0.3 is 14.5 Å². The van der Waals surface area contributed by atoms with Crippen LogP contribution in [0.15, 0.2) is 60.0 Å². The minimum atomic E-state index is -0.0265. The Labute approximate surface area is 215 Å². The van der Waals surface area contributed by atoms with Crippen LogP contribution in [-0.2, 0) is 33.8 Å². The Bertz CT molecular complexity index is 1060. The smallest absolute Gasteiger partial charge is 0.242 e. The molecule has 2 amide bonds. The zero-order valence-electron chi connectivity index (χ0n) is 20.2. The number of amides is 2. The molecule has 0 N–H and O–H groups in total. The molecule has 3 aromatic rings. The van der Waals surface area contributed by atoms with Crippen molar-refractivity contribution in [2.24, 2.45) is 0 Å². The predicted molar refractivity (Wildman–Crippen MR) is 142 cm³/mol. The molecule has 0 unspecified atom stereocenters. The lowest BCUT2D eigenvalue weighted by Crippen LogP contribution is -2.47. The van der Waals surface area contributed by atoms with Gasteiger partial charge in [0, 0.05) is 47.4 Å². The van der Waals surface area contributed by atoms with Crippen molar-refractivity contribution in [1.29, 1.82) is 0 Å². The second-order valence-corrected chi connectivity index (χ2v) is 11.2. The first-order valence-corrected chi connectivity index (χ1v) is 13.7. The van der Waals surface area contributed by atoms with Crippen molar-refractivity contribution in [2.75, 3.05) is 45.9 Å². The van der Waals surface area contributed by atoms with E-state index in [4.69, 9.17) is 4.74 Å². The van der Waals surface area contributed by atoms with Crippen LogP contribution in [0.3, 0.4) is 0 Å². The Morgan fingerprint density at radius 2 is 1.71 bits per heavy atom. The molecule has 0 aliphatic carbocycles. The molecule has 3 heterocycles. The van der Waals surface area contributed by atoms with Crippen molar-refractivity contribution in [3.05, 3.63) is 80.2 Å². The molecule has 35 heavy (non-hydrogen) atoms. The summed E-state index contributed by atoms with van der Waals surface area (Å²) in [6.45, 7) is 7.66. The summed E-state index contributed by atoms with van der Waals surface area (Å²) in [4.78, 5) is 36.2. The maximum atomic E-state index is 13.6. The summed E-state index contributed by atoms with van der Waals surface area (Å²) in [5, 5.41) is 1.98. The first-order chi connectivity index (χ1) is 17.1. The number of carbonyl (C=O) groups excluding carboxylic acids is 2. The molecular formula is C27H33N3O3S2. The van der Waals surface area contributed by atoms with E-state index in [0.29, 0.717) is 39.3 Å². The number of aryl methyl sites for hydroxylation is 1. The summed E-state index contributed by atoms with van der Waals surface area (Å²) in [5.41, 5.74) is 1.08. The SMILES string of the molecule is Cc1ccc(CN(Cc2ccccc2)C(=O)CN(CCN2CCOCC2)C(=O)Cc2cccs2)s1. The quantitative estimate of drug-likeness (QED) is 0.390. The molecule has 1 saturated heterocycles. The zero-order chi connectivity index (χ0) is 24.5. The van der Waals surface area contributed by atoms with Crippen LogP contribution in [0, 0.1) is 6.92 Å². The van der Waals surface area contributed by atoms with E-state index in [-0.39, 0.29) is 18.4 Å². The van der Waals surface area contributed by atoms with Crippen LogP contribution < -0.4 is 0 Å². The molecule has 2 aromatic heterocycles. The number of carbonyl (C=O) groups is 2. The Balaban J connectivity index is 1.47. The van der Waals surface area contributed by atoms with Crippen molar-refractivity contribution in [3.63, 3.8) is 0 Å². The van der Waals surface area contributed by atoms with Crippen LogP contribution in [0.4, 0.5) is 0 Å². The molecular weight excluding hydrogens is 478 g/mol. The van der Waals surface area contributed by atoms with E-state index in [0.717, 1.165) is 35.0 Å². The van der Waals surface area contributed by atoms with Crippen LogP contribution in [-0.4, -0.2) is 72.5 Å². The van der Waals surface area contributed by atoms with Gasteiger partial charge >= 0.3 is 0 Å². The molecule has 0 atom stereocenters. The van der Waals surface area contributed by atoms with E-state index >= 15 is 0 Å². The van der Waals surface area contributed by atoms with Gasteiger partial charge in [0.25, 0.3) is 0 Å². The Hall–Kier alpha value is -2.52. The average Bonchev–Trinajstić information content (AvgIpc) is 3.54. The second-order valence-electron chi connectivity index (χ2n) is 8.77. The van der Waals surface area contributed by atoms with Crippen molar-refractivity contribution in [1.82, 2.24) is 14.7 Å². The van der Waals surface area contributed by atoms with Gasteiger partial charge in [-0.15, -0.1) is 22.7 Å². The summed E-state index contributed by atoms with van der Waals surface area (Å²) in [5.74, 6) is -0.0258. The number of thiophene rings is 2. The highest BCUT2D eigenvalue weighted by Gasteiger charge is 2.23. The van der Waals surface area contributed by atoms with Gasteiger partial charge in [-0.1, -0.05) is 36.4 Å². The molecule has 0 saturated carbocycles. The fourth-order valence-corrected chi connectivity index (χ4v) is 5.71. The van der Waals surface area contributed by atoms with Gasteiger partial charge in [0.2, 0.25) is 11.8 Å². The lowest BCUT2D eigenvalue weighted by atomic mass is 10.2. The maximum Gasteiger partial charge on any atom is 0.242 e. The molecule has 0 bridgehead atoms. The number of hydrogen-bond acceptors (Lipinski definition) is 6. The van der Waals surface area contributed by atoms with Gasteiger partial charge in [0.05, 0.1) is 32.7 Å². The first kappa shape index (κ1) is 25.6. The molecule has 1 aromatic carbocycles. The van der Waals surface area contributed by atoms with Gasteiger partial charge in [-0.2, -0.15) is 0 Å². The topological polar surface area (TPSA) is 53.1 Å². The minimum Gasteiger partial charge on any atom is -0.379 e. The molecule has 1 aliphatic rings. The maximum absolute atomic E-state index is 13.6. The number of benzene rings is 1. The van der Waals surface area contributed by atoms with E-state index in [2.05, 4.69) is 24.0 Å². The summed E-state index contributed by atoms with van der Waals surface area (Å²) >= 11 is 3.29. The molecule has 186 valence electrons. The Morgan fingerprint density at radius 1 is 0.914 bits per heavy atom. The van der Waals surface area contributed by atoms with Gasteiger partial charge in [0.15, 0.2) is 0 Å². The monoisotopic (exact) mass is 511 g/mol. The van der Waals surface area contributed by atoms with Crippen molar-refractivity contribution in [2.45, 2.75) is 26.4 Å². The lowest BCUT2D eigenvalue weighted by Gasteiger charge is -2.31. The highest BCUT2D eigenvalue weighted by Crippen LogP contribution is 2.19. The zero-order valence-corrected chi connectivity index (χ0v) is 21.9. The van der Waals surface area contributed by atoms with Crippen LogP contribution >= 0.6 is 22.7 Å². The van der Waals surface area contributed by atoms with Crippen LogP contribution in [0.2, 0.25) is 0 Å². The summed E-state index contributed by atoms with van der Waals surface area (Å²) < 4.78 is 5.45. The van der Waals surface area contributed by atoms with E-state index in [1.54, 1.807) is 27.6 Å². The summed E-state index contributed by atoms with van der Waals surface area (Å²) in [7, 11) is 0. The van der Waals surface area contributed by atoms with Crippen molar-refractivity contribution < 1.29 is 14.3 Å². The third-order valence-electron chi connectivity index (χ3n) is 6.09. The first-order valence-electron chi connectivity index (χ1n) is 12.0. The van der Waals surface area contributed by atoms with Gasteiger partial charge in [-0.05, 0) is 36.1 Å². The molecule has 1 aliphatic heterocycles. The van der Waals surface area contributed by atoms with Crippen molar-refractivity contribution in [3.8, 4) is 0 Å². The Kier molecular flexibility index (Phi) is 9.48. The van der Waals surface area contributed by atoms with Gasteiger partial charge in [-0.3, -0.25) is 14.5 Å². The summed E-state index contributed by atoms with van der Waals surface area (Å²) in [6, 6.07) is 18.2. The average molecular weight is 512 g/mol. The highest BCUT2D eigenvalue weighted by atomic mass is 32.1. The molecule has 0 spiro atoms. The minimum absolute atomic E-state index is 0.000638. The fraction of sp³-hybridized carbons (Fsp3) is 0.407. The third-order valence-corrected chi connectivity index (χ3v) is 7.95. The van der Waals surface area contributed by atoms with E-state index in [9.17, 15) is 9.59 Å². The number of ether oxygens (including phenoxy) is 1. The molecule has 1 fully saturated rings. The number of nitrogens with zero attached hydrogens (tertiary/aromatic N) is 3. The van der Waals surface area contributed by atoms with Gasteiger partial charge in [-0.25, -0.2) is 0 Å². The standard InChI is InChI=1S/C27H33N3O3S2/c1-22-9-10-25(35-22)20-30(19-23-6-3-2-4-7-23)27(32)21-29(12-11-28-13-15-33-16-14-28)26(31)18-24-8-5-17-34-24/h2-10,17H,11-16,18-21H2,1H3. The predicted octanol–water partition coefficient (Wildman–Crippen LogP) is 4.05. The van der Waals surface area contributed by atoms with Crippen LogP contribution in [0.25, 0.3) is 0 Å². The van der Waals surface area contributed by atoms with Gasteiger partial charge in [0.1, 0.15) is 0 Å². The molecule has 0 radical (unpaired) electrons. The highest BCUT2D eigenvalue weighted by molar-refractivity contribution is 7.11. The van der Waals surface area contributed by atoms with Crippen LogP contribution in [0.1, 0.15) is 20.2 Å². The second kappa shape index (κ2) is 13.0. The Morgan fingerprint density at radius 3 is 2.40 bits per heavy atom. The molecule has 8 heteroatoms. The number of morpholine rings is 1. The lowest BCUT2D eigenvalue weighted by molar-refractivity contribution is -0.141. The third kappa shape index (κ3) is 8.00. The number of rotatable bonds is 11. The number of hydrogen-bond donors (Lipinski definition) is 0. The van der Waals surface area contributed by atoms with E-state index in [1.807, 2.05) is 52.7 Å². The van der Waals surface area contributed by atoms with E-state index in [1.165, 1.54) is 4.88 Å². The van der Waals surface area contributed by atoms with Crippen molar-refractivity contribution >= 4 is 34.5 Å². The molecule has 6 nitrogen and oxygen atoms in total. The molecule has 4 rings (SSSR count). The fourth-order valence-electron chi connectivity index (χ4n) is 4.11. The normalized spacial score (nSPS) is 14.1. The largest absolute Gasteiger partial charge is 0.379 e.